The number of nitrogens with one attached hydrogen (secondary N) is 1. The number of hydrogen-bond donors (Lipinski definition) is 1. The summed E-state index contributed by atoms with van der Waals surface area (Å²) >= 11 is 0. The second-order valence-electron chi connectivity index (χ2n) is 4.41. The molecule has 3 heteroatoms. The van der Waals surface area contributed by atoms with Gasteiger partial charge in [0.15, 0.2) is 0 Å². The zero-order valence-corrected chi connectivity index (χ0v) is 9.76. The Hall–Kier alpha value is -1.35. The first-order chi connectivity index (χ1) is 7.66. The van der Waals surface area contributed by atoms with E-state index in [4.69, 9.17) is 0 Å². The fourth-order valence-corrected chi connectivity index (χ4v) is 1.95. The molecule has 0 saturated carbocycles. The molecule has 2 nitrogen and oxygen atoms in total. The van der Waals surface area contributed by atoms with E-state index in [-0.39, 0.29) is 5.82 Å². The van der Waals surface area contributed by atoms with Crippen molar-refractivity contribution in [3.63, 3.8) is 0 Å². The van der Waals surface area contributed by atoms with E-state index in [2.05, 4.69) is 24.0 Å². The van der Waals surface area contributed by atoms with Gasteiger partial charge < -0.3 is 9.88 Å². The largest absolute Gasteiger partial charge is 0.361 e. The van der Waals surface area contributed by atoms with E-state index in [0.717, 1.165) is 30.3 Å². The van der Waals surface area contributed by atoms with Gasteiger partial charge in [0.1, 0.15) is 5.82 Å². The van der Waals surface area contributed by atoms with E-state index in [9.17, 15) is 4.39 Å². The molecule has 1 heterocycles. The van der Waals surface area contributed by atoms with E-state index < -0.39 is 0 Å². The molecule has 0 radical (unpaired) electrons. The number of benzene rings is 1. The monoisotopic (exact) mass is 220 g/mol. The molecule has 86 valence electrons. The Morgan fingerprint density at radius 1 is 1.31 bits per heavy atom. The van der Waals surface area contributed by atoms with E-state index >= 15 is 0 Å². The van der Waals surface area contributed by atoms with Gasteiger partial charge >= 0.3 is 0 Å². The van der Waals surface area contributed by atoms with Crippen molar-refractivity contribution in [2.45, 2.75) is 12.8 Å². The molecule has 0 bridgehead atoms. The molecule has 0 unspecified atom stereocenters. The van der Waals surface area contributed by atoms with Crippen molar-refractivity contribution in [2.75, 3.05) is 20.6 Å². The standard InChI is InChI=1S/C13H17FN2/c1-16(2)7-3-4-10-9-15-13-8-11(14)5-6-12(10)13/h5-6,8-9,15H,3-4,7H2,1-2H3. The minimum Gasteiger partial charge on any atom is -0.361 e. The Morgan fingerprint density at radius 2 is 2.12 bits per heavy atom. The second-order valence-corrected chi connectivity index (χ2v) is 4.41. The van der Waals surface area contributed by atoms with Crippen LogP contribution in [0.25, 0.3) is 10.9 Å². The molecule has 0 fully saturated rings. The smallest absolute Gasteiger partial charge is 0.125 e. The third-order valence-corrected chi connectivity index (χ3v) is 2.78. The molecule has 1 aromatic carbocycles. The summed E-state index contributed by atoms with van der Waals surface area (Å²) in [6.07, 6.45) is 4.14. The van der Waals surface area contributed by atoms with Crippen molar-refractivity contribution in [3.8, 4) is 0 Å². The van der Waals surface area contributed by atoms with Gasteiger partial charge in [-0.15, -0.1) is 0 Å². The van der Waals surface area contributed by atoms with Crippen molar-refractivity contribution in [3.05, 3.63) is 35.8 Å². The Kier molecular flexibility index (Phi) is 3.25. The van der Waals surface area contributed by atoms with Crippen molar-refractivity contribution < 1.29 is 4.39 Å². The minimum absolute atomic E-state index is 0.186. The number of H-pyrrole nitrogens is 1. The average molecular weight is 220 g/mol. The Balaban J connectivity index is 2.13. The summed E-state index contributed by atoms with van der Waals surface area (Å²) in [5.74, 6) is -0.186. The Morgan fingerprint density at radius 3 is 2.88 bits per heavy atom. The highest BCUT2D eigenvalue weighted by Gasteiger charge is 2.04. The lowest BCUT2D eigenvalue weighted by atomic mass is 10.1. The normalized spacial score (nSPS) is 11.5. The molecular weight excluding hydrogens is 203 g/mol. The van der Waals surface area contributed by atoms with E-state index in [1.807, 2.05) is 12.3 Å². The van der Waals surface area contributed by atoms with Crippen molar-refractivity contribution in [2.24, 2.45) is 0 Å². The fourth-order valence-electron chi connectivity index (χ4n) is 1.95. The number of nitrogens with zero attached hydrogens (tertiary/aromatic N) is 1. The topological polar surface area (TPSA) is 19.0 Å². The molecule has 0 spiro atoms. The quantitative estimate of drug-likeness (QED) is 0.839. The molecular formula is C13H17FN2. The predicted octanol–water partition coefficient (Wildman–Crippen LogP) is 2.80. The number of hydrogen-bond acceptors (Lipinski definition) is 1. The van der Waals surface area contributed by atoms with Crippen LogP contribution in [0.3, 0.4) is 0 Å². The second kappa shape index (κ2) is 4.66. The van der Waals surface area contributed by atoms with Crippen LogP contribution in [-0.4, -0.2) is 30.5 Å². The highest BCUT2D eigenvalue weighted by Crippen LogP contribution is 2.20. The molecule has 0 amide bonds. The van der Waals surface area contributed by atoms with Gasteiger partial charge in [0.2, 0.25) is 0 Å². The van der Waals surface area contributed by atoms with Crippen LogP contribution in [0.1, 0.15) is 12.0 Å². The number of rotatable bonds is 4. The molecule has 1 N–H and O–H groups in total. The first-order valence-corrected chi connectivity index (χ1v) is 5.57. The zero-order valence-electron chi connectivity index (χ0n) is 9.76. The average Bonchev–Trinajstić information content (AvgIpc) is 2.60. The summed E-state index contributed by atoms with van der Waals surface area (Å²) in [4.78, 5) is 5.29. The maximum absolute atomic E-state index is 13.0. The van der Waals surface area contributed by atoms with Gasteiger partial charge in [0.25, 0.3) is 0 Å². The molecule has 1 aromatic heterocycles. The van der Waals surface area contributed by atoms with Crippen LogP contribution >= 0.6 is 0 Å². The first kappa shape index (κ1) is 11.1. The van der Waals surface area contributed by atoms with Crippen LogP contribution in [0.15, 0.2) is 24.4 Å². The van der Waals surface area contributed by atoms with Crippen molar-refractivity contribution >= 4 is 10.9 Å². The third-order valence-electron chi connectivity index (χ3n) is 2.78. The lowest BCUT2D eigenvalue weighted by molar-refractivity contribution is 0.400. The number of aromatic nitrogens is 1. The van der Waals surface area contributed by atoms with Gasteiger partial charge in [-0.2, -0.15) is 0 Å². The molecule has 0 aliphatic carbocycles. The van der Waals surface area contributed by atoms with Crippen LogP contribution in [0, 0.1) is 5.82 Å². The molecule has 2 aromatic rings. The highest BCUT2D eigenvalue weighted by atomic mass is 19.1. The number of aryl methyl sites for hydroxylation is 1. The number of halogens is 1. The summed E-state index contributed by atoms with van der Waals surface area (Å²) in [5, 5.41) is 1.14. The van der Waals surface area contributed by atoms with Crippen molar-refractivity contribution in [1.82, 2.24) is 9.88 Å². The maximum atomic E-state index is 13.0. The highest BCUT2D eigenvalue weighted by molar-refractivity contribution is 5.83. The minimum atomic E-state index is -0.186. The van der Waals surface area contributed by atoms with Crippen LogP contribution in [0.4, 0.5) is 4.39 Å². The fraction of sp³-hybridized carbons (Fsp3) is 0.385. The SMILES string of the molecule is CN(C)CCCc1c[nH]c2cc(F)ccc12. The summed E-state index contributed by atoms with van der Waals surface area (Å²) in [6, 6.07) is 4.92. The summed E-state index contributed by atoms with van der Waals surface area (Å²) in [7, 11) is 4.15. The van der Waals surface area contributed by atoms with Gasteiger partial charge in [0.05, 0.1) is 0 Å². The summed E-state index contributed by atoms with van der Waals surface area (Å²) in [6.45, 7) is 1.08. The van der Waals surface area contributed by atoms with Gasteiger partial charge in [-0.3, -0.25) is 0 Å². The van der Waals surface area contributed by atoms with E-state index in [1.165, 1.54) is 11.6 Å². The number of fused-ring (bicyclic) bond motifs is 1. The van der Waals surface area contributed by atoms with E-state index in [1.54, 1.807) is 6.07 Å². The first-order valence-electron chi connectivity index (χ1n) is 5.57. The lowest BCUT2D eigenvalue weighted by Crippen LogP contribution is -2.13. The molecule has 2 rings (SSSR count). The molecule has 16 heavy (non-hydrogen) atoms. The van der Waals surface area contributed by atoms with Gasteiger partial charge in [-0.1, -0.05) is 0 Å². The molecule has 0 atom stereocenters. The van der Waals surface area contributed by atoms with Crippen LogP contribution in [0.5, 0.6) is 0 Å². The van der Waals surface area contributed by atoms with Crippen LogP contribution in [-0.2, 0) is 6.42 Å². The zero-order chi connectivity index (χ0) is 11.5. The van der Waals surface area contributed by atoms with E-state index in [0.29, 0.717) is 0 Å². The summed E-state index contributed by atoms with van der Waals surface area (Å²) in [5.41, 5.74) is 2.16. The summed E-state index contributed by atoms with van der Waals surface area (Å²) < 4.78 is 13.0. The van der Waals surface area contributed by atoms with Gasteiger partial charge in [-0.05, 0) is 57.2 Å². The maximum Gasteiger partial charge on any atom is 0.125 e. The molecule has 0 aliphatic heterocycles. The third kappa shape index (κ3) is 2.42. The molecule has 0 aliphatic rings. The Bertz CT molecular complexity index is 474. The van der Waals surface area contributed by atoms with Gasteiger partial charge in [-0.25, -0.2) is 4.39 Å². The van der Waals surface area contributed by atoms with Gasteiger partial charge in [0, 0.05) is 17.1 Å². The lowest BCUT2D eigenvalue weighted by Gasteiger charge is -2.08. The molecule has 0 saturated heterocycles. The van der Waals surface area contributed by atoms with Crippen molar-refractivity contribution in [1.29, 1.82) is 0 Å². The predicted molar refractivity (Wildman–Crippen MR) is 65.1 cm³/mol. The van der Waals surface area contributed by atoms with Crippen LogP contribution < -0.4 is 0 Å². The Labute approximate surface area is 95.1 Å². The van der Waals surface area contributed by atoms with Crippen LogP contribution in [0.2, 0.25) is 0 Å². The number of aromatic amines is 1.